The molecule has 2 aromatic rings. The molecule has 2 aromatic heterocycles. The van der Waals surface area contributed by atoms with Gasteiger partial charge in [-0.25, -0.2) is 17.9 Å². The Kier molecular flexibility index (Phi) is 4.04. The Morgan fingerprint density at radius 2 is 2.14 bits per heavy atom. The van der Waals surface area contributed by atoms with Crippen molar-refractivity contribution in [2.75, 3.05) is 6.54 Å². The Balaban J connectivity index is 2.12. The first kappa shape index (κ1) is 15.1. The lowest BCUT2D eigenvalue weighted by Crippen LogP contribution is -2.27. The summed E-state index contributed by atoms with van der Waals surface area (Å²) in [6.45, 7) is 3.06. The van der Waals surface area contributed by atoms with Gasteiger partial charge in [0, 0.05) is 13.0 Å². The van der Waals surface area contributed by atoms with Crippen LogP contribution in [0.1, 0.15) is 27.9 Å². The lowest BCUT2D eigenvalue weighted by atomic mass is 10.4. The second-order valence-electron chi connectivity index (χ2n) is 4.21. The van der Waals surface area contributed by atoms with E-state index < -0.39 is 21.7 Å². The zero-order valence-electron chi connectivity index (χ0n) is 11.2. The maximum Gasteiger partial charge on any atom is 0.357 e. The molecule has 0 saturated carbocycles. The highest BCUT2D eigenvalue weighted by Crippen LogP contribution is 2.17. The molecule has 0 aliphatic rings. The van der Waals surface area contributed by atoms with Gasteiger partial charge in [0.05, 0.1) is 5.69 Å². The Morgan fingerprint density at radius 1 is 1.43 bits per heavy atom. The topological polar surface area (TPSA) is 151 Å². The molecule has 11 heteroatoms. The molecule has 0 radical (unpaired) electrons. The summed E-state index contributed by atoms with van der Waals surface area (Å²) in [6, 6.07) is 0. The third kappa shape index (κ3) is 3.25. The Labute approximate surface area is 119 Å². The first-order chi connectivity index (χ1) is 9.81. The molecule has 2 heterocycles. The van der Waals surface area contributed by atoms with E-state index in [0.29, 0.717) is 5.82 Å². The molecule has 114 valence electrons. The van der Waals surface area contributed by atoms with Crippen LogP contribution in [0.15, 0.2) is 9.42 Å². The van der Waals surface area contributed by atoms with Crippen LogP contribution in [-0.2, 0) is 16.4 Å². The molecule has 21 heavy (non-hydrogen) atoms. The fraction of sp³-hybridized carbons (Fsp3) is 0.400. The van der Waals surface area contributed by atoms with Gasteiger partial charge in [0.1, 0.15) is 4.90 Å². The number of rotatable bonds is 6. The molecule has 0 aliphatic carbocycles. The number of sulfonamides is 1. The predicted molar refractivity (Wildman–Crippen MR) is 68.2 cm³/mol. The molecule has 3 N–H and O–H groups in total. The van der Waals surface area contributed by atoms with E-state index in [1.807, 2.05) is 0 Å². The summed E-state index contributed by atoms with van der Waals surface area (Å²) in [4.78, 5) is 14.5. The number of hydrogen-bond acceptors (Lipinski definition) is 7. The molecule has 10 nitrogen and oxygen atoms in total. The second kappa shape index (κ2) is 5.61. The normalized spacial score (nSPS) is 11.7. The van der Waals surface area contributed by atoms with E-state index in [1.165, 1.54) is 6.92 Å². The summed E-state index contributed by atoms with van der Waals surface area (Å²) in [6.07, 6.45) is 0.194. The highest BCUT2D eigenvalue weighted by Gasteiger charge is 2.27. The third-order valence-electron chi connectivity index (χ3n) is 2.56. The van der Waals surface area contributed by atoms with Gasteiger partial charge in [0.2, 0.25) is 15.9 Å². The number of carbonyl (C=O) groups is 1. The fourth-order valence-electron chi connectivity index (χ4n) is 1.70. The summed E-state index contributed by atoms with van der Waals surface area (Å²) in [5, 5.41) is 18.3. The van der Waals surface area contributed by atoms with E-state index in [-0.39, 0.29) is 29.4 Å². The summed E-state index contributed by atoms with van der Waals surface area (Å²) in [5.74, 6) is -0.684. The Morgan fingerprint density at radius 3 is 2.71 bits per heavy atom. The number of aryl methyl sites for hydroxylation is 2. The van der Waals surface area contributed by atoms with E-state index >= 15 is 0 Å². The Bertz CT molecular complexity index is 763. The van der Waals surface area contributed by atoms with Crippen molar-refractivity contribution >= 4 is 16.0 Å². The molecule has 2 rings (SSSR count). The fourth-order valence-corrected chi connectivity index (χ4v) is 3.05. The van der Waals surface area contributed by atoms with Crippen molar-refractivity contribution in [3.05, 3.63) is 23.1 Å². The van der Waals surface area contributed by atoms with Gasteiger partial charge in [-0.05, 0) is 13.8 Å². The smallest absolute Gasteiger partial charge is 0.357 e. The van der Waals surface area contributed by atoms with Gasteiger partial charge in [-0.1, -0.05) is 5.16 Å². The Hall–Kier alpha value is -2.27. The van der Waals surface area contributed by atoms with Crippen molar-refractivity contribution in [2.24, 2.45) is 0 Å². The first-order valence-corrected chi connectivity index (χ1v) is 7.36. The minimum absolute atomic E-state index is 0.00630. The minimum atomic E-state index is -4.00. The van der Waals surface area contributed by atoms with Crippen LogP contribution in [0.3, 0.4) is 0 Å². The second-order valence-corrected chi connectivity index (χ2v) is 5.92. The van der Waals surface area contributed by atoms with Crippen molar-refractivity contribution in [1.82, 2.24) is 25.1 Å². The van der Waals surface area contributed by atoms with Crippen LogP contribution in [0.2, 0.25) is 0 Å². The number of aromatic amines is 1. The van der Waals surface area contributed by atoms with Crippen molar-refractivity contribution in [2.45, 2.75) is 25.2 Å². The number of nitrogens with zero attached hydrogens (tertiary/aromatic N) is 3. The van der Waals surface area contributed by atoms with Crippen molar-refractivity contribution in [3.8, 4) is 0 Å². The molecule has 0 saturated heterocycles. The zero-order chi connectivity index (χ0) is 15.6. The van der Waals surface area contributed by atoms with Gasteiger partial charge in [-0.15, -0.1) is 0 Å². The largest absolute Gasteiger partial charge is 0.476 e. The zero-order valence-corrected chi connectivity index (χ0v) is 12.1. The lowest BCUT2D eigenvalue weighted by Gasteiger charge is -2.05. The average molecular weight is 315 g/mol. The number of hydrogen-bond donors (Lipinski definition) is 3. The number of aromatic nitrogens is 4. The van der Waals surface area contributed by atoms with Crippen LogP contribution >= 0.6 is 0 Å². The number of carboxylic acids is 1. The SMILES string of the molecule is Cc1noc(CCNS(=O)(=O)c2c(C(=O)O)n[nH]c2C)n1. The number of carboxylic acid groups (broad SMARTS) is 1. The van der Waals surface area contributed by atoms with Crippen molar-refractivity contribution in [1.29, 1.82) is 0 Å². The molecule has 0 fully saturated rings. The van der Waals surface area contributed by atoms with Crippen LogP contribution in [-0.4, -0.2) is 46.4 Å². The standard InChI is InChI=1S/C10H13N5O5S/c1-5-9(8(10(16)17)14-13-5)21(18,19)11-4-3-7-12-6(2)15-20-7/h11H,3-4H2,1-2H3,(H,13,14)(H,16,17). The average Bonchev–Trinajstić information content (AvgIpc) is 2.95. The van der Waals surface area contributed by atoms with Gasteiger partial charge in [0.25, 0.3) is 0 Å². The minimum Gasteiger partial charge on any atom is -0.476 e. The van der Waals surface area contributed by atoms with Gasteiger partial charge in [0.15, 0.2) is 11.5 Å². The molecule has 0 unspecified atom stereocenters. The van der Waals surface area contributed by atoms with Gasteiger partial charge >= 0.3 is 5.97 Å². The summed E-state index contributed by atoms with van der Waals surface area (Å²) in [5.41, 5.74) is -0.401. The number of H-pyrrole nitrogens is 1. The molecular weight excluding hydrogens is 302 g/mol. The molecule has 0 amide bonds. The van der Waals surface area contributed by atoms with E-state index in [2.05, 4.69) is 25.1 Å². The molecule has 0 atom stereocenters. The lowest BCUT2D eigenvalue weighted by molar-refractivity contribution is 0.0686. The summed E-state index contributed by atoms with van der Waals surface area (Å²) >= 11 is 0. The monoisotopic (exact) mass is 315 g/mol. The number of nitrogens with one attached hydrogen (secondary N) is 2. The van der Waals surface area contributed by atoms with Crippen molar-refractivity contribution in [3.63, 3.8) is 0 Å². The van der Waals surface area contributed by atoms with Crippen LogP contribution in [0.4, 0.5) is 0 Å². The van der Waals surface area contributed by atoms with Crippen LogP contribution in [0.5, 0.6) is 0 Å². The number of aromatic carboxylic acids is 1. The molecule has 0 spiro atoms. The molecule has 0 aliphatic heterocycles. The van der Waals surface area contributed by atoms with Crippen LogP contribution in [0.25, 0.3) is 0 Å². The van der Waals surface area contributed by atoms with Gasteiger partial charge < -0.3 is 9.63 Å². The quantitative estimate of drug-likeness (QED) is 0.653. The molecule has 0 aromatic carbocycles. The van der Waals surface area contributed by atoms with Crippen LogP contribution < -0.4 is 4.72 Å². The summed E-state index contributed by atoms with van der Waals surface area (Å²) < 4.78 is 31.4. The highest BCUT2D eigenvalue weighted by atomic mass is 32.2. The van der Waals surface area contributed by atoms with E-state index in [1.54, 1.807) is 6.92 Å². The maximum atomic E-state index is 12.1. The predicted octanol–water partition coefficient (Wildman–Crippen LogP) is -0.371. The maximum absolute atomic E-state index is 12.1. The van der Waals surface area contributed by atoms with Gasteiger partial charge in [-0.3, -0.25) is 5.10 Å². The van der Waals surface area contributed by atoms with E-state index in [0.717, 1.165) is 0 Å². The third-order valence-corrected chi connectivity index (χ3v) is 4.18. The molecular formula is C10H13N5O5S. The van der Waals surface area contributed by atoms with Gasteiger partial charge in [-0.2, -0.15) is 10.1 Å². The summed E-state index contributed by atoms with van der Waals surface area (Å²) in [7, 11) is -4.00. The highest BCUT2D eigenvalue weighted by molar-refractivity contribution is 7.89. The van der Waals surface area contributed by atoms with Crippen LogP contribution in [0, 0.1) is 13.8 Å². The molecule has 0 bridgehead atoms. The first-order valence-electron chi connectivity index (χ1n) is 5.88. The van der Waals surface area contributed by atoms with E-state index in [4.69, 9.17) is 9.63 Å². The van der Waals surface area contributed by atoms with E-state index in [9.17, 15) is 13.2 Å². The van der Waals surface area contributed by atoms with Crippen molar-refractivity contribution < 1.29 is 22.8 Å².